The second-order valence-corrected chi connectivity index (χ2v) is 10.2. The number of hydrogen-bond donors (Lipinski definition) is 2. The van der Waals surface area contributed by atoms with Crippen LogP contribution in [0.3, 0.4) is 0 Å². The van der Waals surface area contributed by atoms with Crippen LogP contribution in [0.25, 0.3) is 5.57 Å². The average Bonchev–Trinajstić information content (AvgIpc) is 3.20. The van der Waals surface area contributed by atoms with E-state index >= 15 is 0 Å². The van der Waals surface area contributed by atoms with Crippen LogP contribution < -0.4 is 5.32 Å². The lowest BCUT2D eigenvalue weighted by atomic mass is 9.98. The molecule has 0 radical (unpaired) electrons. The summed E-state index contributed by atoms with van der Waals surface area (Å²) in [5.41, 5.74) is 3.54. The van der Waals surface area contributed by atoms with Gasteiger partial charge in [-0.1, -0.05) is 17.8 Å². The number of amides is 2. The molecule has 172 valence electrons. The van der Waals surface area contributed by atoms with Crippen LogP contribution in [0.15, 0.2) is 51.5 Å². The highest BCUT2D eigenvalue weighted by atomic mass is 32.2. The number of aryl methyl sites for hydroxylation is 3. The van der Waals surface area contributed by atoms with Crippen molar-refractivity contribution in [3.63, 3.8) is 0 Å². The average molecular weight is 486 g/mol. The number of carbonyl (C=O) groups is 3. The van der Waals surface area contributed by atoms with Crippen LogP contribution in [0, 0.1) is 20.8 Å². The lowest BCUT2D eigenvalue weighted by Gasteiger charge is -2.49. The van der Waals surface area contributed by atoms with Crippen molar-refractivity contribution in [1.29, 1.82) is 0 Å². The van der Waals surface area contributed by atoms with E-state index < -0.39 is 23.3 Å². The lowest BCUT2D eigenvalue weighted by molar-refractivity contribution is -0.150. The molecule has 0 saturated carbocycles. The monoisotopic (exact) mass is 485 g/mol. The summed E-state index contributed by atoms with van der Waals surface area (Å²) in [5, 5.41) is 15.9. The Morgan fingerprint density at radius 2 is 1.97 bits per heavy atom. The van der Waals surface area contributed by atoms with Crippen LogP contribution in [-0.4, -0.2) is 55.9 Å². The summed E-state index contributed by atoms with van der Waals surface area (Å²) in [6.45, 7) is 9.71. The molecule has 1 saturated heterocycles. The first-order chi connectivity index (χ1) is 15.7. The molecule has 1 aromatic heterocycles. The molecule has 1 aromatic carbocycles. The number of nitrogens with zero attached hydrogens (tertiary/aromatic N) is 2. The van der Waals surface area contributed by atoms with Crippen LogP contribution in [0.1, 0.15) is 22.6 Å². The van der Waals surface area contributed by atoms with E-state index in [2.05, 4.69) is 23.1 Å². The van der Waals surface area contributed by atoms with Crippen molar-refractivity contribution in [1.82, 2.24) is 15.4 Å². The predicted octanol–water partition coefficient (Wildman–Crippen LogP) is 3.14. The van der Waals surface area contributed by atoms with Gasteiger partial charge in [0.05, 0.1) is 11.4 Å². The van der Waals surface area contributed by atoms with Gasteiger partial charge in [0.1, 0.15) is 17.1 Å². The summed E-state index contributed by atoms with van der Waals surface area (Å²) in [5.74, 6) is -1.10. The van der Waals surface area contributed by atoms with Gasteiger partial charge in [-0.3, -0.25) is 14.5 Å². The van der Waals surface area contributed by atoms with Gasteiger partial charge in [-0.2, -0.15) is 0 Å². The number of thioether (sulfide) groups is 2. The molecule has 0 aliphatic carbocycles. The molecule has 3 heterocycles. The summed E-state index contributed by atoms with van der Waals surface area (Å²) in [4.78, 5) is 39.6. The third-order valence-electron chi connectivity index (χ3n) is 5.34. The van der Waals surface area contributed by atoms with Gasteiger partial charge in [0.2, 0.25) is 5.91 Å². The maximum atomic E-state index is 12.8. The molecule has 10 heteroatoms. The van der Waals surface area contributed by atoms with Gasteiger partial charge < -0.3 is 14.9 Å². The highest BCUT2D eigenvalue weighted by molar-refractivity contribution is 8.00. The topological polar surface area (TPSA) is 113 Å². The number of fused-ring (bicyclic) bond motifs is 1. The van der Waals surface area contributed by atoms with Crippen molar-refractivity contribution in [3.8, 4) is 0 Å². The highest BCUT2D eigenvalue weighted by Crippen LogP contribution is 2.43. The van der Waals surface area contributed by atoms with E-state index in [0.717, 1.165) is 16.0 Å². The Hall–Kier alpha value is -2.98. The van der Waals surface area contributed by atoms with Crippen molar-refractivity contribution in [3.05, 3.63) is 64.7 Å². The molecule has 0 bridgehead atoms. The van der Waals surface area contributed by atoms with E-state index in [1.807, 2.05) is 26.0 Å². The second-order valence-electron chi connectivity index (χ2n) is 8.01. The van der Waals surface area contributed by atoms with Gasteiger partial charge in [-0.15, -0.1) is 23.5 Å². The molecule has 2 aliphatic heterocycles. The van der Waals surface area contributed by atoms with Gasteiger partial charge in [-0.05, 0) is 44.0 Å². The quantitative estimate of drug-likeness (QED) is 0.454. The van der Waals surface area contributed by atoms with Gasteiger partial charge in [0.25, 0.3) is 5.91 Å². The molecule has 33 heavy (non-hydrogen) atoms. The molecule has 1 fully saturated rings. The number of nitrogens with one attached hydrogen (secondary N) is 1. The molecule has 2 N–H and O–H groups in total. The minimum absolute atomic E-state index is 0.127. The number of rotatable bonds is 7. The minimum Gasteiger partial charge on any atom is -0.477 e. The third-order valence-corrected chi connectivity index (χ3v) is 7.60. The number of benzene rings is 1. The van der Waals surface area contributed by atoms with Crippen LogP contribution in [0.5, 0.6) is 0 Å². The number of aromatic nitrogens is 1. The molecule has 4 rings (SSSR count). The fourth-order valence-electron chi connectivity index (χ4n) is 3.88. The van der Waals surface area contributed by atoms with E-state index in [1.54, 1.807) is 13.0 Å². The van der Waals surface area contributed by atoms with Crippen LogP contribution in [0.2, 0.25) is 0 Å². The molecular weight excluding hydrogens is 462 g/mol. The van der Waals surface area contributed by atoms with Crippen molar-refractivity contribution in [2.45, 2.75) is 37.1 Å². The number of carbonyl (C=O) groups excluding carboxylic acids is 2. The Bertz CT molecular complexity index is 1180. The Balaban J connectivity index is 1.45. The molecule has 2 atom stereocenters. The Kier molecular flexibility index (Phi) is 6.40. The molecule has 2 amide bonds. The number of carboxylic acid groups (broad SMARTS) is 1. The Morgan fingerprint density at radius 1 is 1.27 bits per heavy atom. The van der Waals surface area contributed by atoms with E-state index in [4.69, 9.17) is 4.52 Å². The van der Waals surface area contributed by atoms with Crippen molar-refractivity contribution in [2.75, 3.05) is 11.5 Å². The van der Waals surface area contributed by atoms with Crippen LogP contribution in [0.4, 0.5) is 0 Å². The molecule has 2 aromatic rings. The smallest absolute Gasteiger partial charge is 0.352 e. The number of allylic oxidation sites excluding steroid dienone is 1. The molecule has 2 aliphatic rings. The summed E-state index contributed by atoms with van der Waals surface area (Å²) in [7, 11) is 0. The van der Waals surface area contributed by atoms with E-state index in [-0.39, 0.29) is 17.4 Å². The lowest BCUT2D eigenvalue weighted by Crippen LogP contribution is -2.70. The normalized spacial score (nSPS) is 19.7. The van der Waals surface area contributed by atoms with Crippen LogP contribution in [-0.2, 0) is 14.4 Å². The first-order valence-corrected chi connectivity index (χ1v) is 12.2. The van der Waals surface area contributed by atoms with Gasteiger partial charge in [0, 0.05) is 27.9 Å². The fraction of sp³-hybridized carbons (Fsp3) is 0.304. The summed E-state index contributed by atoms with van der Waals surface area (Å²) < 4.78 is 5.22. The zero-order valence-corrected chi connectivity index (χ0v) is 20.0. The van der Waals surface area contributed by atoms with E-state index in [1.165, 1.54) is 28.4 Å². The van der Waals surface area contributed by atoms with Crippen LogP contribution >= 0.6 is 23.5 Å². The second kappa shape index (κ2) is 9.11. The largest absolute Gasteiger partial charge is 0.477 e. The zero-order valence-electron chi connectivity index (χ0n) is 18.4. The molecule has 8 nitrogen and oxygen atoms in total. The Morgan fingerprint density at radius 3 is 2.58 bits per heavy atom. The van der Waals surface area contributed by atoms with Crippen molar-refractivity contribution >= 4 is 46.9 Å². The van der Waals surface area contributed by atoms with Crippen molar-refractivity contribution in [2.24, 2.45) is 0 Å². The number of β-lactam (4-membered cyclic amide) rings is 1. The van der Waals surface area contributed by atoms with Crippen molar-refractivity contribution < 1.29 is 24.0 Å². The van der Waals surface area contributed by atoms with E-state index in [0.29, 0.717) is 28.4 Å². The maximum Gasteiger partial charge on any atom is 0.352 e. The van der Waals surface area contributed by atoms with Gasteiger partial charge in [0.15, 0.2) is 5.76 Å². The zero-order chi connectivity index (χ0) is 23.9. The molecular formula is C23H23N3O5S2. The first kappa shape index (κ1) is 23.2. The molecule has 0 unspecified atom stereocenters. The first-order valence-electron chi connectivity index (χ1n) is 10.2. The molecule has 0 spiro atoms. The van der Waals surface area contributed by atoms with E-state index in [9.17, 15) is 19.5 Å². The van der Waals surface area contributed by atoms with Gasteiger partial charge >= 0.3 is 5.97 Å². The maximum absolute atomic E-state index is 12.8. The van der Waals surface area contributed by atoms with Gasteiger partial charge in [-0.25, -0.2) is 4.79 Å². The highest BCUT2D eigenvalue weighted by Gasteiger charge is 2.54. The minimum atomic E-state index is -1.23. The predicted molar refractivity (Wildman–Crippen MR) is 127 cm³/mol. The summed E-state index contributed by atoms with van der Waals surface area (Å²) in [6, 6.07) is 6.98. The Labute approximate surface area is 199 Å². The SMILES string of the molecule is C=C(C1=C(C(=O)O)N2C(=O)[C@@H](NC(=O)CSc3cc(C)cc(C)c3)[C@H]2SC1)c1cc(C)no1. The number of carboxylic acids is 1. The fourth-order valence-corrected chi connectivity index (χ4v) is 6.19. The summed E-state index contributed by atoms with van der Waals surface area (Å²) in [6.07, 6.45) is 0. The number of aliphatic carboxylic acids is 1. The number of hydrogen-bond acceptors (Lipinski definition) is 7. The third kappa shape index (κ3) is 4.58. The standard InChI is InChI=1S/C23H23N3O5S2/c1-11-5-12(2)7-15(6-11)32-10-18(27)24-19-21(28)26-20(23(29)30)16(9-33-22(19)26)14(4)17-8-13(3)25-31-17/h5-8,19,22H,4,9-10H2,1-3H3,(H,24,27)(H,29,30)/t19-,22-/m1/s1. The summed E-state index contributed by atoms with van der Waals surface area (Å²) >= 11 is 2.78.